The van der Waals surface area contributed by atoms with E-state index in [0.717, 1.165) is 11.1 Å². The van der Waals surface area contributed by atoms with E-state index in [2.05, 4.69) is 106 Å². The van der Waals surface area contributed by atoms with Crippen LogP contribution in [0.15, 0.2) is 34.4 Å². The monoisotopic (exact) mass is 574 g/mol. The first-order chi connectivity index (χ1) is 12.2. The van der Waals surface area contributed by atoms with Crippen molar-refractivity contribution in [3.05, 3.63) is 51.1 Å². The molecule has 4 heteroatoms. The molecule has 1 aromatic carbocycles. The van der Waals surface area contributed by atoms with Gasteiger partial charge in [-0.15, -0.1) is 0 Å². The summed E-state index contributed by atoms with van der Waals surface area (Å²) >= 11 is 6.32. The molecule has 0 saturated carbocycles. The molecule has 1 N–H and O–H groups in total. The maximum atomic E-state index is 11.1. The molecule has 0 unspecified atom stereocenters. The number of halogens is 2. The molecule has 150 valence electrons. The topological polar surface area (TPSA) is 20.2 Å². The molecule has 0 radical (unpaired) electrons. The van der Waals surface area contributed by atoms with Gasteiger partial charge in [0.05, 0.1) is 0 Å². The molecule has 27 heavy (non-hydrogen) atoms. The van der Waals surface area contributed by atoms with Gasteiger partial charge in [-0.25, -0.2) is 0 Å². The third-order valence-corrected chi connectivity index (χ3v) is 5.74. The first-order valence-corrected chi connectivity index (χ1v) is 20.6. The van der Waals surface area contributed by atoms with E-state index in [1.54, 1.807) is 0 Å². The maximum absolute atomic E-state index is 11.1. The molecule has 0 heterocycles. The molecule has 1 aliphatic rings. The standard InChI is InChI=1S/C23H34O.2BrH.Zr/c1-13-14(2)16(4)20(15(13)3)18-11-17(22(5,6)7)12-19(21(18)24)23(8,9)10;;;/h11-12,20,24H,1-10H3;2*1H;/q;;;+2/p-2. The van der Waals surface area contributed by atoms with Gasteiger partial charge in [-0.2, -0.15) is 0 Å². The Labute approximate surface area is 189 Å². The Kier molecular flexibility index (Phi) is 8.87. The van der Waals surface area contributed by atoms with E-state index in [4.69, 9.17) is 0 Å². The van der Waals surface area contributed by atoms with E-state index in [1.165, 1.54) is 27.9 Å². The van der Waals surface area contributed by atoms with Gasteiger partial charge in [-0.05, 0) is 60.8 Å². The van der Waals surface area contributed by atoms with Crippen LogP contribution >= 0.6 is 24.4 Å². The van der Waals surface area contributed by atoms with Crippen LogP contribution in [0.2, 0.25) is 0 Å². The molecular weight excluding hydrogens is 543 g/mol. The van der Waals surface area contributed by atoms with Crippen LogP contribution in [0, 0.1) is 0 Å². The SMILES string of the molecule is CC1=C(C)C(c2cc(C(C)(C)C)cc(C(C)(C)C)c2O)C(C)=C1C.[Br][Zr][Br]. The third-order valence-electron chi connectivity index (χ3n) is 5.74. The van der Waals surface area contributed by atoms with Crippen LogP contribution in [-0.2, 0) is 29.4 Å². The molecule has 0 atom stereocenters. The Bertz CT molecular complexity index is 738. The zero-order valence-corrected chi connectivity index (χ0v) is 24.1. The normalized spacial score (nSPS) is 15.9. The van der Waals surface area contributed by atoms with Crippen LogP contribution < -0.4 is 0 Å². The van der Waals surface area contributed by atoms with Gasteiger partial charge < -0.3 is 5.11 Å². The molecule has 0 spiro atoms. The number of benzene rings is 1. The minimum atomic E-state index is -0.145. The van der Waals surface area contributed by atoms with Crippen LogP contribution in [0.3, 0.4) is 0 Å². The van der Waals surface area contributed by atoms with E-state index < -0.39 is 0 Å². The molecule has 0 bridgehead atoms. The summed E-state index contributed by atoms with van der Waals surface area (Å²) in [5, 5.41) is 11.1. The van der Waals surface area contributed by atoms with Crippen LogP contribution in [0.1, 0.15) is 91.8 Å². The van der Waals surface area contributed by atoms with E-state index in [0.29, 0.717) is 5.75 Å². The van der Waals surface area contributed by atoms with Crippen LogP contribution in [0.25, 0.3) is 0 Å². The summed E-state index contributed by atoms with van der Waals surface area (Å²) in [7, 11) is 0. The molecule has 0 aromatic heterocycles. The predicted molar refractivity (Wildman–Crippen MR) is 123 cm³/mol. The zero-order valence-electron chi connectivity index (χ0n) is 18.4. The Balaban J connectivity index is 0.00000114. The van der Waals surface area contributed by atoms with Crippen LogP contribution in [-0.4, -0.2) is 5.11 Å². The van der Waals surface area contributed by atoms with Gasteiger partial charge in [0.15, 0.2) is 0 Å². The Morgan fingerprint density at radius 3 is 1.56 bits per heavy atom. The number of phenols is 1. The average Bonchev–Trinajstić information content (AvgIpc) is 2.70. The second-order valence-electron chi connectivity index (χ2n) is 9.58. The van der Waals surface area contributed by atoms with Crippen molar-refractivity contribution in [3.63, 3.8) is 0 Å². The number of hydrogen-bond acceptors (Lipinski definition) is 1. The molecule has 1 nitrogen and oxygen atoms in total. The second-order valence-corrected chi connectivity index (χ2v) is 20.9. The van der Waals surface area contributed by atoms with Gasteiger partial charge in [0.25, 0.3) is 0 Å². The van der Waals surface area contributed by atoms with Crippen molar-refractivity contribution < 1.29 is 23.6 Å². The summed E-state index contributed by atoms with van der Waals surface area (Å²) in [5.74, 6) is 0.676. The Hall–Kier alpha value is 0.343. The van der Waals surface area contributed by atoms with E-state index in [-0.39, 0.29) is 35.3 Å². The summed E-state index contributed by atoms with van der Waals surface area (Å²) in [4.78, 5) is 0. The summed E-state index contributed by atoms with van der Waals surface area (Å²) in [6.45, 7) is 22.1. The summed E-state index contributed by atoms with van der Waals surface area (Å²) < 4.78 is 0. The predicted octanol–water partition coefficient (Wildman–Crippen LogP) is 8.45. The number of hydrogen-bond donors (Lipinski definition) is 1. The minimum absolute atomic E-state index is 0.0559. The fourth-order valence-electron chi connectivity index (χ4n) is 3.70. The summed E-state index contributed by atoms with van der Waals surface area (Å²) in [6, 6.07) is 4.43. The summed E-state index contributed by atoms with van der Waals surface area (Å²) in [6.07, 6.45) is 0. The van der Waals surface area contributed by atoms with Crippen molar-refractivity contribution >= 4 is 24.4 Å². The van der Waals surface area contributed by atoms with E-state index in [9.17, 15) is 5.11 Å². The third kappa shape index (κ3) is 5.70. The van der Waals surface area contributed by atoms with Gasteiger partial charge in [0.2, 0.25) is 0 Å². The molecule has 1 aliphatic carbocycles. The van der Waals surface area contributed by atoms with Gasteiger partial charge in [-0.3, -0.25) is 0 Å². The molecule has 0 aliphatic heterocycles. The zero-order chi connectivity index (χ0) is 21.3. The van der Waals surface area contributed by atoms with Crippen molar-refractivity contribution in [2.75, 3.05) is 0 Å². The van der Waals surface area contributed by atoms with Crippen molar-refractivity contribution in [1.29, 1.82) is 0 Å². The van der Waals surface area contributed by atoms with Gasteiger partial charge >= 0.3 is 43.0 Å². The van der Waals surface area contributed by atoms with Gasteiger partial charge in [0.1, 0.15) is 5.75 Å². The number of rotatable bonds is 1. The van der Waals surface area contributed by atoms with Gasteiger partial charge in [-0.1, -0.05) is 64.8 Å². The molecule has 2 rings (SSSR count). The van der Waals surface area contributed by atoms with E-state index >= 15 is 0 Å². The van der Waals surface area contributed by atoms with Crippen molar-refractivity contribution in [2.24, 2.45) is 0 Å². The fourth-order valence-corrected chi connectivity index (χ4v) is 3.70. The van der Waals surface area contributed by atoms with Crippen LogP contribution in [0.4, 0.5) is 0 Å². The molecule has 1 aromatic rings. The van der Waals surface area contributed by atoms with Crippen molar-refractivity contribution in [1.82, 2.24) is 0 Å². The van der Waals surface area contributed by atoms with Gasteiger partial charge in [0, 0.05) is 11.5 Å². The van der Waals surface area contributed by atoms with E-state index in [1.807, 2.05) is 0 Å². The first-order valence-electron chi connectivity index (χ1n) is 9.37. The van der Waals surface area contributed by atoms with Crippen molar-refractivity contribution in [2.45, 2.75) is 86.0 Å². The molecule has 0 amide bonds. The second kappa shape index (κ2) is 9.44. The van der Waals surface area contributed by atoms with Crippen molar-refractivity contribution in [3.8, 4) is 5.75 Å². The quantitative estimate of drug-likeness (QED) is 0.355. The fraction of sp³-hybridized carbons (Fsp3) is 0.565. The number of aromatic hydroxyl groups is 1. The molecule has 0 fully saturated rings. The van der Waals surface area contributed by atoms with Crippen LogP contribution in [0.5, 0.6) is 5.75 Å². The Morgan fingerprint density at radius 2 is 1.22 bits per heavy atom. The first kappa shape index (κ1) is 25.4. The number of phenolic OH excluding ortho intramolecular Hbond substituents is 1. The average molecular weight is 578 g/mol. The Morgan fingerprint density at radius 1 is 0.815 bits per heavy atom. The molecular formula is C23H34Br2OZr. The number of allylic oxidation sites excluding steroid dienone is 4. The summed E-state index contributed by atoms with van der Waals surface area (Å²) in [5.41, 5.74) is 8.86. The molecule has 0 saturated heterocycles.